The fourth-order valence-corrected chi connectivity index (χ4v) is 2.35. The number of fused-ring (bicyclic) bond motifs is 1. The summed E-state index contributed by atoms with van der Waals surface area (Å²) in [6.07, 6.45) is -3.20. The summed E-state index contributed by atoms with van der Waals surface area (Å²) in [5, 5.41) is 18.9. The Balaban J connectivity index is 2.09. The lowest BCUT2D eigenvalue weighted by molar-refractivity contribution is -0.230. The van der Waals surface area contributed by atoms with Crippen molar-refractivity contribution < 1.29 is 29.2 Å². The van der Waals surface area contributed by atoms with E-state index >= 15 is 0 Å². The zero-order valence-electron chi connectivity index (χ0n) is 11.5. The molecule has 2 rings (SSSR count). The minimum atomic E-state index is -1.03. The van der Waals surface area contributed by atoms with Crippen molar-refractivity contribution in [3.8, 4) is 0 Å². The van der Waals surface area contributed by atoms with E-state index in [0.717, 1.165) is 5.57 Å². The quantitative estimate of drug-likeness (QED) is 0.696. The van der Waals surface area contributed by atoms with Gasteiger partial charge in [-0.25, -0.2) is 0 Å². The van der Waals surface area contributed by atoms with Crippen LogP contribution in [0.5, 0.6) is 0 Å². The summed E-state index contributed by atoms with van der Waals surface area (Å²) in [4.78, 5) is 0. The molecule has 0 unspecified atom stereocenters. The van der Waals surface area contributed by atoms with Crippen molar-refractivity contribution in [2.45, 2.75) is 57.3 Å². The Morgan fingerprint density at radius 2 is 2.11 bits per heavy atom. The van der Waals surface area contributed by atoms with Crippen LogP contribution in [0, 0.1) is 0 Å². The van der Waals surface area contributed by atoms with Gasteiger partial charge < -0.3 is 29.2 Å². The van der Waals surface area contributed by atoms with Crippen molar-refractivity contribution >= 4 is 0 Å². The number of aliphatic hydroxyl groups is 2. The normalized spacial score (nSPS) is 38.2. The first-order valence-corrected chi connectivity index (χ1v) is 6.40. The van der Waals surface area contributed by atoms with Gasteiger partial charge in [-0.1, -0.05) is 12.2 Å². The highest BCUT2D eigenvalue weighted by molar-refractivity contribution is 4.98. The van der Waals surface area contributed by atoms with Crippen LogP contribution in [0.15, 0.2) is 12.2 Å². The zero-order chi connectivity index (χ0) is 14.2. The fraction of sp³-hybridized carbons (Fsp3) is 0.846. The van der Waals surface area contributed by atoms with E-state index in [1.54, 1.807) is 13.8 Å². The van der Waals surface area contributed by atoms with Gasteiger partial charge in [0.2, 0.25) is 0 Å². The summed E-state index contributed by atoms with van der Waals surface area (Å²) >= 11 is 0. The molecule has 6 nitrogen and oxygen atoms in total. The van der Waals surface area contributed by atoms with Gasteiger partial charge in [-0.05, 0) is 20.8 Å². The first-order chi connectivity index (χ1) is 8.84. The van der Waals surface area contributed by atoms with E-state index < -0.39 is 43.1 Å². The van der Waals surface area contributed by atoms with Crippen molar-refractivity contribution in [3.05, 3.63) is 12.2 Å². The Morgan fingerprint density at radius 1 is 1.42 bits per heavy atom. The van der Waals surface area contributed by atoms with Gasteiger partial charge in [0.05, 0.1) is 13.2 Å². The van der Waals surface area contributed by atoms with Gasteiger partial charge in [0.15, 0.2) is 12.1 Å². The highest BCUT2D eigenvalue weighted by Crippen LogP contribution is 2.39. The van der Waals surface area contributed by atoms with Crippen LogP contribution < -0.4 is 0 Å². The first-order valence-electron chi connectivity index (χ1n) is 6.40. The molecule has 110 valence electrons. The lowest BCUT2D eigenvalue weighted by atomic mass is 10.1. The van der Waals surface area contributed by atoms with Gasteiger partial charge in [0.1, 0.15) is 24.4 Å². The summed E-state index contributed by atoms with van der Waals surface area (Å²) in [7, 11) is 0. The predicted molar refractivity (Wildman–Crippen MR) is 66.3 cm³/mol. The van der Waals surface area contributed by atoms with Gasteiger partial charge in [-0.2, -0.15) is 0 Å². The number of ether oxygens (including phenoxy) is 4. The van der Waals surface area contributed by atoms with E-state index in [4.69, 9.17) is 24.1 Å². The summed E-state index contributed by atoms with van der Waals surface area (Å²) in [6, 6.07) is 0. The molecule has 0 saturated carbocycles. The highest BCUT2D eigenvalue weighted by atomic mass is 16.8. The van der Waals surface area contributed by atoms with Crippen LogP contribution in [-0.2, 0) is 18.9 Å². The van der Waals surface area contributed by atoms with Crippen LogP contribution in [0.2, 0.25) is 0 Å². The molecular weight excluding hydrogens is 252 g/mol. The SMILES string of the molecule is C=C(C)CO[C@@H]1[C@H]2OC(C)(C)O[C@H]2O[C@@H]1[C@H](O)CO. The summed E-state index contributed by atoms with van der Waals surface area (Å²) in [5.74, 6) is -0.741. The summed E-state index contributed by atoms with van der Waals surface area (Å²) < 4.78 is 22.7. The van der Waals surface area contributed by atoms with E-state index in [1.807, 2.05) is 6.92 Å². The molecule has 6 heteroatoms. The third-order valence-electron chi connectivity index (χ3n) is 3.12. The molecule has 2 fully saturated rings. The minimum absolute atomic E-state index is 0.343. The van der Waals surface area contributed by atoms with Crippen molar-refractivity contribution in [2.24, 2.45) is 0 Å². The minimum Gasteiger partial charge on any atom is -0.394 e. The van der Waals surface area contributed by atoms with Gasteiger partial charge in [-0.15, -0.1) is 0 Å². The second-order valence-corrected chi connectivity index (χ2v) is 5.55. The smallest absolute Gasteiger partial charge is 0.190 e. The maximum absolute atomic E-state index is 9.79. The second-order valence-electron chi connectivity index (χ2n) is 5.55. The average Bonchev–Trinajstić information content (AvgIpc) is 2.77. The van der Waals surface area contributed by atoms with E-state index in [-0.39, 0.29) is 0 Å². The van der Waals surface area contributed by atoms with Crippen LogP contribution >= 0.6 is 0 Å². The number of hydrogen-bond donors (Lipinski definition) is 2. The largest absolute Gasteiger partial charge is 0.394 e. The van der Waals surface area contributed by atoms with E-state index in [0.29, 0.717) is 6.61 Å². The number of rotatable bonds is 5. The number of hydrogen-bond acceptors (Lipinski definition) is 6. The lowest BCUT2D eigenvalue weighted by Crippen LogP contribution is -2.44. The monoisotopic (exact) mass is 274 g/mol. The highest BCUT2D eigenvalue weighted by Gasteiger charge is 2.56. The molecule has 2 saturated heterocycles. The molecule has 2 aliphatic heterocycles. The Hall–Kier alpha value is -0.500. The van der Waals surface area contributed by atoms with E-state index in [9.17, 15) is 5.11 Å². The average molecular weight is 274 g/mol. The van der Waals surface area contributed by atoms with Crippen molar-refractivity contribution in [1.29, 1.82) is 0 Å². The maximum atomic E-state index is 9.79. The molecule has 0 aliphatic carbocycles. The molecule has 2 N–H and O–H groups in total. The molecule has 0 amide bonds. The molecule has 0 aromatic carbocycles. The number of aliphatic hydroxyl groups excluding tert-OH is 2. The van der Waals surface area contributed by atoms with Gasteiger partial charge >= 0.3 is 0 Å². The Morgan fingerprint density at radius 3 is 2.68 bits per heavy atom. The topological polar surface area (TPSA) is 77.4 Å². The standard InChI is InChI=1S/C13H22O6/c1-7(2)6-16-10-9(8(15)5-14)17-12-11(10)18-13(3,4)19-12/h8-12,14-15H,1,5-6H2,2-4H3/t8-,9-,10+,11-,12-/m1/s1. The molecule has 0 aromatic rings. The molecular formula is C13H22O6. The fourth-order valence-electron chi connectivity index (χ4n) is 2.35. The van der Waals surface area contributed by atoms with Crippen LogP contribution in [-0.4, -0.2) is 59.9 Å². The van der Waals surface area contributed by atoms with Crippen molar-refractivity contribution in [3.63, 3.8) is 0 Å². The molecule has 2 aliphatic rings. The molecule has 0 bridgehead atoms. The van der Waals surface area contributed by atoms with Gasteiger partial charge in [0.25, 0.3) is 0 Å². The molecule has 19 heavy (non-hydrogen) atoms. The van der Waals surface area contributed by atoms with Crippen molar-refractivity contribution in [2.75, 3.05) is 13.2 Å². The second kappa shape index (κ2) is 5.47. The third-order valence-corrected chi connectivity index (χ3v) is 3.12. The van der Waals surface area contributed by atoms with Crippen LogP contribution in [0.25, 0.3) is 0 Å². The molecule has 2 heterocycles. The van der Waals surface area contributed by atoms with E-state index in [1.165, 1.54) is 0 Å². The van der Waals surface area contributed by atoms with Crippen LogP contribution in [0.3, 0.4) is 0 Å². The molecule has 0 spiro atoms. The molecule has 0 aromatic heterocycles. The van der Waals surface area contributed by atoms with Crippen molar-refractivity contribution in [1.82, 2.24) is 0 Å². The lowest BCUT2D eigenvalue weighted by Gasteiger charge is -2.27. The Labute approximate surface area is 112 Å². The Kier molecular flexibility index (Phi) is 4.29. The zero-order valence-corrected chi connectivity index (χ0v) is 11.5. The van der Waals surface area contributed by atoms with Crippen LogP contribution in [0.1, 0.15) is 20.8 Å². The predicted octanol–water partition coefficient (Wildman–Crippen LogP) is 0.177. The third kappa shape index (κ3) is 3.16. The van der Waals surface area contributed by atoms with Gasteiger partial charge in [-0.3, -0.25) is 0 Å². The molecule has 0 radical (unpaired) electrons. The first kappa shape index (κ1) is 14.9. The Bertz CT molecular complexity index is 342. The molecule has 5 atom stereocenters. The summed E-state index contributed by atoms with van der Waals surface area (Å²) in [6.45, 7) is 9.15. The van der Waals surface area contributed by atoms with Crippen LogP contribution in [0.4, 0.5) is 0 Å². The van der Waals surface area contributed by atoms with E-state index in [2.05, 4.69) is 6.58 Å². The summed E-state index contributed by atoms with van der Waals surface area (Å²) in [5.41, 5.74) is 0.860. The maximum Gasteiger partial charge on any atom is 0.190 e. The van der Waals surface area contributed by atoms with Gasteiger partial charge in [0, 0.05) is 0 Å².